The predicted molar refractivity (Wildman–Crippen MR) is 67.5 cm³/mol. The van der Waals surface area contributed by atoms with Gasteiger partial charge in [-0.25, -0.2) is 22.0 Å². The molecule has 0 bridgehead atoms. The lowest BCUT2D eigenvalue weighted by Crippen LogP contribution is -2.40. The van der Waals surface area contributed by atoms with E-state index in [9.17, 15) is 22.0 Å². The number of nitrogens with zero attached hydrogens (tertiary/aromatic N) is 1. The highest BCUT2D eigenvalue weighted by Crippen LogP contribution is 2.34. The van der Waals surface area contributed by atoms with E-state index in [-0.39, 0.29) is 12.6 Å². The first kappa shape index (κ1) is 16.0. The fraction of sp³-hybridized carbons (Fsp3) is 0.571. The van der Waals surface area contributed by atoms with Gasteiger partial charge >= 0.3 is 0 Å². The van der Waals surface area contributed by atoms with E-state index >= 15 is 0 Å². The van der Waals surface area contributed by atoms with Gasteiger partial charge in [0.2, 0.25) is 5.82 Å². The molecule has 21 heavy (non-hydrogen) atoms. The molecule has 1 aromatic rings. The molecule has 1 aliphatic rings. The molecule has 1 fully saturated rings. The minimum atomic E-state index is -2.17. The van der Waals surface area contributed by atoms with Crippen molar-refractivity contribution >= 4 is 5.69 Å². The third kappa shape index (κ3) is 2.97. The van der Waals surface area contributed by atoms with Gasteiger partial charge in [-0.3, -0.25) is 0 Å². The van der Waals surface area contributed by atoms with E-state index in [1.807, 2.05) is 0 Å². The number of aliphatic hydroxyl groups is 1. The van der Waals surface area contributed by atoms with E-state index < -0.39 is 41.4 Å². The molecule has 0 unspecified atom stereocenters. The molecule has 1 aliphatic carbocycles. The van der Waals surface area contributed by atoms with Crippen molar-refractivity contribution < 1.29 is 27.1 Å². The molecule has 1 N–H and O–H groups in total. The molecule has 0 aliphatic heterocycles. The van der Waals surface area contributed by atoms with Gasteiger partial charge in [0.1, 0.15) is 5.69 Å². The maximum atomic E-state index is 13.9. The first-order valence-corrected chi connectivity index (χ1v) is 6.88. The van der Waals surface area contributed by atoms with Crippen LogP contribution in [0, 0.1) is 29.1 Å². The molecule has 0 atom stereocenters. The van der Waals surface area contributed by atoms with Gasteiger partial charge in [-0.05, 0) is 12.8 Å². The summed E-state index contributed by atoms with van der Waals surface area (Å²) in [6.45, 7) is -0.612. The van der Waals surface area contributed by atoms with Crippen LogP contribution < -0.4 is 4.90 Å². The molecular weight excluding hydrogens is 293 g/mol. The zero-order chi connectivity index (χ0) is 15.6. The van der Waals surface area contributed by atoms with Crippen LogP contribution in [0.4, 0.5) is 27.6 Å². The van der Waals surface area contributed by atoms with Gasteiger partial charge in [-0.2, -0.15) is 0 Å². The van der Waals surface area contributed by atoms with Crippen LogP contribution in [-0.4, -0.2) is 24.3 Å². The van der Waals surface area contributed by atoms with Gasteiger partial charge in [0.15, 0.2) is 23.3 Å². The van der Waals surface area contributed by atoms with Crippen LogP contribution in [0.2, 0.25) is 0 Å². The molecule has 0 aromatic heterocycles. The van der Waals surface area contributed by atoms with Crippen molar-refractivity contribution in [3.05, 3.63) is 29.1 Å². The van der Waals surface area contributed by atoms with Crippen molar-refractivity contribution in [2.45, 2.75) is 38.1 Å². The van der Waals surface area contributed by atoms with Crippen LogP contribution in [0.1, 0.15) is 32.1 Å². The molecule has 2 rings (SSSR count). The second kappa shape index (κ2) is 6.60. The van der Waals surface area contributed by atoms with Crippen molar-refractivity contribution in [3.63, 3.8) is 0 Å². The van der Waals surface area contributed by atoms with Crippen molar-refractivity contribution in [1.82, 2.24) is 0 Å². The second-order valence-corrected chi connectivity index (χ2v) is 5.13. The number of hydrogen-bond donors (Lipinski definition) is 1. The van der Waals surface area contributed by atoms with Crippen LogP contribution >= 0.6 is 0 Å². The van der Waals surface area contributed by atoms with E-state index in [1.165, 1.54) is 0 Å². The van der Waals surface area contributed by atoms with Crippen molar-refractivity contribution in [3.8, 4) is 0 Å². The molecular formula is C14H16F5NO. The minimum absolute atomic E-state index is 0.178. The summed E-state index contributed by atoms with van der Waals surface area (Å²) in [7, 11) is 0. The topological polar surface area (TPSA) is 23.5 Å². The van der Waals surface area contributed by atoms with Gasteiger partial charge in [0.05, 0.1) is 6.61 Å². The van der Waals surface area contributed by atoms with Crippen molar-refractivity contribution in [2.75, 3.05) is 18.1 Å². The molecule has 7 heteroatoms. The maximum absolute atomic E-state index is 13.9. The first-order valence-electron chi connectivity index (χ1n) is 6.88. The maximum Gasteiger partial charge on any atom is 0.200 e. The second-order valence-electron chi connectivity index (χ2n) is 5.13. The smallest absolute Gasteiger partial charge is 0.200 e. The average Bonchev–Trinajstić information content (AvgIpc) is 2.51. The third-order valence-corrected chi connectivity index (χ3v) is 3.83. The molecule has 1 saturated carbocycles. The number of hydrogen-bond acceptors (Lipinski definition) is 2. The quantitative estimate of drug-likeness (QED) is 0.523. The number of halogens is 5. The highest BCUT2D eigenvalue weighted by Gasteiger charge is 2.32. The van der Waals surface area contributed by atoms with Crippen LogP contribution in [0.3, 0.4) is 0 Å². The fourth-order valence-electron chi connectivity index (χ4n) is 2.82. The highest BCUT2D eigenvalue weighted by molar-refractivity contribution is 5.51. The molecule has 0 saturated heterocycles. The van der Waals surface area contributed by atoms with Crippen LogP contribution in [-0.2, 0) is 0 Å². The largest absolute Gasteiger partial charge is 0.395 e. The standard InChI is InChI=1S/C14H16F5NO/c15-9-10(16)12(18)14(13(19)11(9)17)20(6-7-21)8-4-2-1-3-5-8/h8,21H,1-7H2. The van der Waals surface area contributed by atoms with Crippen LogP contribution in [0.5, 0.6) is 0 Å². The van der Waals surface area contributed by atoms with E-state index in [2.05, 4.69) is 0 Å². The van der Waals surface area contributed by atoms with Crippen molar-refractivity contribution in [1.29, 1.82) is 0 Å². The van der Waals surface area contributed by atoms with E-state index in [0.717, 1.165) is 24.2 Å². The molecule has 0 radical (unpaired) electrons. The Morgan fingerprint density at radius 2 is 1.29 bits per heavy atom. The average molecular weight is 309 g/mol. The first-order chi connectivity index (χ1) is 9.99. The van der Waals surface area contributed by atoms with E-state index in [1.54, 1.807) is 0 Å². The van der Waals surface area contributed by atoms with Crippen molar-refractivity contribution in [2.24, 2.45) is 0 Å². The van der Waals surface area contributed by atoms with E-state index in [4.69, 9.17) is 5.11 Å². The summed E-state index contributed by atoms with van der Waals surface area (Å²) < 4.78 is 67.5. The van der Waals surface area contributed by atoms with Gasteiger partial charge in [-0.1, -0.05) is 19.3 Å². The minimum Gasteiger partial charge on any atom is -0.395 e. The molecule has 0 spiro atoms. The Kier molecular flexibility index (Phi) is 5.03. The van der Waals surface area contributed by atoms with Gasteiger partial charge < -0.3 is 10.0 Å². The Morgan fingerprint density at radius 3 is 1.76 bits per heavy atom. The number of rotatable bonds is 4. The van der Waals surface area contributed by atoms with Gasteiger partial charge in [0.25, 0.3) is 0 Å². The Hall–Kier alpha value is -1.37. The highest BCUT2D eigenvalue weighted by atomic mass is 19.2. The summed E-state index contributed by atoms with van der Waals surface area (Å²) >= 11 is 0. The normalized spacial score (nSPS) is 16.3. The molecule has 118 valence electrons. The summed E-state index contributed by atoms with van der Waals surface area (Å²) in [6.07, 6.45) is 3.81. The van der Waals surface area contributed by atoms with Crippen LogP contribution in [0.15, 0.2) is 0 Å². The number of anilines is 1. The Morgan fingerprint density at radius 1 is 0.810 bits per heavy atom. The third-order valence-electron chi connectivity index (χ3n) is 3.83. The zero-order valence-electron chi connectivity index (χ0n) is 11.3. The Labute approximate surface area is 119 Å². The SMILES string of the molecule is OCCN(c1c(F)c(F)c(F)c(F)c1F)C1CCCCC1. The fourth-order valence-corrected chi connectivity index (χ4v) is 2.82. The molecule has 0 amide bonds. The lowest BCUT2D eigenvalue weighted by molar-refractivity contribution is 0.286. The Bertz CT molecular complexity index is 488. The molecule has 1 aromatic carbocycles. The summed E-state index contributed by atoms with van der Waals surface area (Å²) in [5, 5.41) is 9.06. The van der Waals surface area contributed by atoms with Crippen LogP contribution in [0.25, 0.3) is 0 Å². The Balaban J connectivity index is 2.49. The summed E-state index contributed by atoms with van der Waals surface area (Å²) in [5.41, 5.74) is -0.938. The molecule has 0 heterocycles. The summed E-state index contributed by atoms with van der Waals surface area (Å²) in [4.78, 5) is 1.11. The molecule has 2 nitrogen and oxygen atoms in total. The summed E-state index contributed by atoms with van der Waals surface area (Å²) in [5.74, 6) is -9.76. The number of benzene rings is 1. The van der Waals surface area contributed by atoms with Gasteiger partial charge in [-0.15, -0.1) is 0 Å². The summed E-state index contributed by atoms with van der Waals surface area (Å²) in [6, 6.07) is -0.334. The van der Waals surface area contributed by atoms with Gasteiger partial charge in [0, 0.05) is 12.6 Å². The van der Waals surface area contributed by atoms with E-state index in [0.29, 0.717) is 12.8 Å². The lowest BCUT2D eigenvalue weighted by atomic mass is 9.93. The zero-order valence-corrected chi connectivity index (χ0v) is 11.3. The predicted octanol–water partition coefficient (Wildman–Crippen LogP) is 3.51. The lowest BCUT2D eigenvalue weighted by Gasteiger charge is -2.36. The number of aliphatic hydroxyl groups excluding tert-OH is 1. The monoisotopic (exact) mass is 309 g/mol.